The molecule has 2 aromatic rings. The molecule has 1 aromatic heterocycles. The first-order valence-corrected chi connectivity index (χ1v) is 6.75. The largest absolute Gasteiger partial charge is 0.385 e. The molecule has 0 bridgehead atoms. The van der Waals surface area contributed by atoms with Crippen LogP contribution in [-0.4, -0.2) is 11.5 Å². The molecule has 0 fully saturated rings. The Kier molecular flexibility index (Phi) is 3.68. The lowest BCUT2D eigenvalue weighted by molar-refractivity contribution is 0.569. The number of nitrogens with zero attached hydrogens (tertiary/aromatic N) is 1. The molecule has 0 aliphatic heterocycles. The minimum absolute atomic E-state index is 0.105. The third-order valence-electron chi connectivity index (χ3n) is 3.01. The first-order chi connectivity index (χ1) is 8.84. The molecule has 0 radical (unpaired) electrons. The number of hydrogen-bond acceptors (Lipinski definition) is 2. The van der Waals surface area contributed by atoms with Crippen LogP contribution in [0, 0.1) is 5.82 Å². The van der Waals surface area contributed by atoms with Crippen molar-refractivity contribution in [2.24, 2.45) is 0 Å². The van der Waals surface area contributed by atoms with Crippen LogP contribution in [0.5, 0.6) is 0 Å². The Bertz CT molecular complexity index is 618. The number of anilines is 1. The van der Waals surface area contributed by atoms with Gasteiger partial charge >= 0.3 is 0 Å². The quantitative estimate of drug-likeness (QED) is 0.858. The molecule has 0 aliphatic carbocycles. The van der Waals surface area contributed by atoms with E-state index in [1.807, 2.05) is 13.0 Å². The summed E-state index contributed by atoms with van der Waals surface area (Å²) in [7, 11) is 0. The summed E-state index contributed by atoms with van der Waals surface area (Å²) in [4.78, 5) is 4.45. The molecule has 0 saturated carbocycles. The van der Waals surface area contributed by atoms with Gasteiger partial charge in [0.15, 0.2) is 5.82 Å². The standard InChI is InChI=1S/C15H18ClFN2/c1-5-18-11-8-12(15(2,3)4)19-14-9(11)6-7-10(16)13(14)17/h6-8H,5H2,1-4H3,(H,18,19). The van der Waals surface area contributed by atoms with Crippen molar-refractivity contribution in [1.82, 2.24) is 4.98 Å². The second-order valence-electron chi connectivity index (χ2n) is 5.59. The lowest BCUT2D eigenvalue weighted by Crippen LogP contribution is -2.15. The first-order valence-electron chi connectivity index (χ1n) is 6.37. The monoisotopic (exact) mass is 280 g/mol. The Morgan fingerprint density at radius 1 is 1.32 bits per heavy atom. The van der Waals surface area contributed by atoms with Gasteiger partial charge in [0.2, 0.25) is 0 Å². The topological polar surface area (TPSA) is 24.9 Å². The van der Waals surface area contributed by atoms with Crippen molar-refractivity contribution in [2.45, 2.75) is 33.1 Å². The first kappa shape index (κ1) is 14.1. The molecular weight excluding hydrogens is 263 g/mol. The van der Waals surface area contributed by atoms with Gasteiger partial charge in [-0.2, -0.15) is 0 Å². The Morgan fingerprint density at radius 3 is 2.58 bits per heavy atom. The average molecular weight is 281 g/mol. The van der Waals surface area contributed by atoms with Gasteiger partial charge in [-0.05, 0) is 25.1 Å². The van der Waals surface area contributed by atoms with Crippen LogP contribution >= 0.6 is 11.6 Å². The van der Waals surface area contributed by atoms with Crippen molar-refractivity contribution in [3.8, 4) is 0 Å². The third kappa shape index (κ3) is 2.66. The Morgan fingerprint density at radius 2 is 2.00 bits per heavy atom. The van der Waals surface area contributed by atoms with E-state index in [2.05, 4.69) is 31.1 Å². The summed E-state index contributed by atoms with van der Waals surface area (Å²) in [5.74, 6) is -0.454. The van der Waals surface area contributed by atoms with Gasteiger partial charge in [-0.25, -0.2) is 9.37 Å². The van der Waals surface area contributed by atoms with Gasteiger partial charge in [0.1, 0.15) is 5.52 Å². The van der Waals surface area contributed by atoms with Crippen molar-refractivity contribution in [1.29, 1.82) is 0 Å². The smallest absolute Gasteiger partial charge is 0.168 e. The number of pyridine rings is 1. The number of nitrogens with one attached hydrogen (secondary N) is 1. The van der Waals surface area contributed by atoms with E-state index in [1.165, 1.54) is 0 Å². The molecule has 0 aliphatic rings. The van der Waals surface area contributed by atoms with Crippen LogP contribution in [0.3, 0.4) is 0 Å². The van der Waals surface area contributed by atoms with E-state index in [4.69, 9.17) is 11.6 Å². The van der Waals surface area contributed by atoms with Crippen molar-refractivity contribution >= 4 is 28.2 Å². The number of benzene rings is 1. The zero-order valence-electron chi connectivity index (χ0n) is 11.6. The van der Waals surface area contributed by atoms with Crippen LogP contribution < -0.4 is 5.32 Å². The molecule has 1 aromatic carbocycles. The number of aromatic nitrogens is 1. The van der Waals surface area contributed by atoms with Crippen LogP contribution in [0.1, 0.15) is 33.4 Å². The van der Waals surface area contributed by atoms with Gasteiger partial charge in [0.25, 0.3) is 0 Å². The predicted molar refractivity (Wildman–Crippen MR) is 79.6 cm³/mol. The van der Waals surface area contributed by atoms with Gasteiger partial charge < -0.3 is 5.32 Å². The molecule has 102 valence electrons. The van der Waals surface area contributed by atoms with Crippen LogP contribution in [-0.2, 0) is 5.41 Å². The number of fused-ring (bicyclic) bond motifs is 1. The van der Waals surface area contributed by atoms with Crippen LogP contribution in [0.15, 0.2) is 18.2 Å². The maximum absolute atomic E-state index is 14.2. The molecule has 1 N–H and O–H groups in total. The zero-order chi connectivity index (χ0) is 14.2. The molecule has 0 amide bonds. The van der Waals surface area contributed by atoms with Gasteiger partial charge in [-0.15, -0.1) is 0 Å². The Balaban J connectivity index is 2.80. The predicted octanol–water partition coefficient (Wildman–Crippen LogP) is 4.76. The zero-order valence-corrected chi connectivity index (χ0v) is 12.4. The average Bonchev–Trinajstić information content (AvgIpc) is 2.33. The van der Waals surface area contributed by atoms with E-state index in [0.717, 1.165) is 23.3 Å². The van der Waals surface area contributed by atoms with Crippen LogP contribution in [0.2, 0.25) is 5.02 Å². The molecule has 0 spiro atoms. The number of rotatable bonds is 2. The molecule has 0 atom stereocenters. The molecule has 2 nitrogen and oxygen atoms in total. The molecule has 1 heterocycles. The van der Waals surface area contributed by atoms with Gasteiger partial charge in [0.05, 0.1) is 5.02 Å². The maximum Gasteiger partial charge on any atom is 0.168 e. The number of halogens is 2. The van der Waals surface area contributed by atoms with Crippen molar-refractivity contribution < 1.29 is 4.39 Å². The third-order valence-corrected chi connectivity index (χ3v) is 3.30. The summed E-state index contributed by atoms with van der Waals surface area (Å²) in [6.45, 7) is 8.94. The summed E-state index contributed by atoms with van der Waals surface area (Å²) in [6.07, 6.45) is 0. The minimum atomic E-state index is -0.454. The Hall–Kier alpha value is -1.35. The van der Waals surface area contributed by atoms with E-state index in [9.17, 15) is 4.39 Å². The molecule has 0 unspecified atom stereocenters. The lowest BCUT2D eigenvalue weighted by Gasteiger charge is -2.20. The van der Waals surface area contributed by atoms with E-state index < -0.39 is 5.82 Å². The summed E-state index contributed by atoms with van der Waals surface area (Å²) in [5.41, 5.74) is 1.92. The number of hydrogen-bond donors (Lipinski definition) is 1. The molecule has 4 heteroatoms. The molecule has 2 rings (SSSR count). The fraction of sp³-hybridized carbons (Fsp3) is 0.400. The van der Waals surface area contributed by atoms with Crippen LogP contribution in [0.25, 0.3) is 10.9 Å². The minimum Gasteiger partial charge on any atom is -0.385 e. The highest BCUT2D eigenvalue weighted by Crippen LogP contribution is 2.32. The van der Waals surface area contributed by atoms with Crippen molar-refractivity contribution in [3.63, 3.8) is 0 Å². The van der Waals surface area contributed by atoms with Gasteiger partial charge in [-0.3, -0.25) is 0 Å². The molecular formula is C15H18ClFN2. The summed E-state index contributed by atoms with van der Waals surface area (Å²) in [5, 5.41) is 4.13. The maximum atomic E-state index is 14.2. The normalized spacial score (nSPS) is 11.9. The summed E-state index contributed by atoms with van der Waals surface area (Å²) < 4.78 is 14.2. The van der Waals surface area contributed by atoms with E-state index in [-0.39, 0.29) is 10.4 Å². The second-order valence-corrected chi connectivity index (χ2v) is 6.00. The van der Waals surface area contributed by atoms with Crippen molar-refractivity contribution in [3.05, 3.63) is 34.7 Å². The second kappa shape index (κ2) is 4.97. The lowest BCUT2D eigenvalue weighted by atomic mass is 9.90. The summed E-state index contributed by atoms with van der Waals surface area (Å²) >= 11 is 5.85. The summed E-state index contributed by atoms with van der Waals surface area (Å²) in [6, 6.07) is 5.36. The molecule has 0 saturated heterocycles. The van der Waals surface area contributed by atoms with E-state index in [0.29, 0.717) is 5.52 Å². The van der Waals surface area contributed by atoms with E-state index >= 15 is 0 Å². The fourth-order valence-electron chi connectivity index (χ4n) is 1.95. The van der Waals surface area contributed by atoms with E-state index in [1.54, 1.807) is 12.1 Å². The Labute approximate surface area is 118 Å². The van der Waals surface area contributed by atoms with Crippen LogP contribution in [0.4, 0.5) is 10.1 Å². The highest BCUT2D eigenvalue weighted by Gasteiger charge is 2.19. The van der Waals surface area contributed by atoms with Gasteiger partial charge in [0, 0.05) is 28.7 Å². The highest BCUT2D eigenvalue weighted by atomic mass is 35.5. The highest BCUT2D eigenvalue weighted by molar-refractivity contribution is 6.31. The SMILES string of the molecule is CCNc1cc(C(C)(C)C)nc2c(F)c(Cl)ccc12. The molecule has 19 heavy (non-hydrogen) atoms. The van der Waals surface area contributed by atoms with Crippen molar-refractivity contribution in [2.75, 3.05) is 11.9 Å². The van der Waals surface area contributed by atoms with Gasteiger partial charge in [-0.1, -0.05) is 32.4 Å². The fourth-order valence-corrected chi connectivity index (χ4v) is 2.11.